The summed E-state index contributed by atoms with van der Waals surface area (Å²) in [5, 5.41) is 0. The van der Waals surface area contributed by atoms with Gasteiger partial charge in [0, 0.05) is 11.3 Å². The Morgan fingerprint density at radius 3 is 2.60 bits per heavy atom. The summed E-state index contributed by atoms with van der Waals surface area (Å²) in [7, 11) is 0. The minimum atomic E-state index is -0.350. The predicted octanol–water partition coefficient (Wildman–Crippen LogP) is 3.95. The van der Waals surface area contributed by atoms with E-state index < -0.39 is 0 Å². The fourth-order valence-electron chi connectivity index (χ4n) is 3.31. The summed E-state index contributed by atoms with van der Waals surface area (Å²) in [6, 6.07) is 0. The molecule has 2 aliphatic rings. The van der Waals surface area contributed by atoms with Crippen LogP contribution in [0.5, 0.6) is 0 Å². The predicted molar refractivity (Wildman–Crippen MR) is 74.9 cm³/mol. The number of hydrogen-bond donors (Lipinski definition) is 0. The van der Waals surface area contributed by atoms with Gasteiger partial charge in [0.25, 0.3) is 0 Å². The summed E-state index contributed by atoms with van der Waals surface area (Å²) in [6.45, 7) is 4.38. The Labute approximate surface area is 119 Å². The second-order valence-corrected chi connectivity index (χ2v) is 6.07. The summed E-state index contributed by atoms with van der Waals surface area (Å²) in [6.07, 6.45) is 7.94. The van der Waals surface area contributed by atoms with Gasteiger partial charge in [-0.3, -0.25) is 0 Å². The Hall–Kier alpha value is -1.32. The highest BCUT2D eigenvalue weighted by Gasteiger charge is 2.42. The van der Waals surface area contributed by atoms with Crippen molar-refractivity contribution in [2.24, 2.45) is 0 Å². The van der Waals surface area contributed by atoms with E-state index in [2.05, 4.69) is 6.92 Å². The van der Waals surface area contributed by atoms with Crippen LogP contribution >= 0.6 is 0 Å². The summed E-state index contributed by atoms with van der Waals surface area (Å²) >= 11 is 0. The van der Waals surface area contributed by atoms with Gasteiger partial charge in [-0.2, -0.15) is 0 Å². The number of hydrogen-bond acceptors (Lipinski definition) is 4. The highest BCUT2D eigenvalue weighted by atomic mass is 16.5. The van der Waals surface area contributed by atoms with Crippen LogP contribution in [-0.4, -0.2) is 17.6 Å². The lowest BCUT2D eigenvalue weighted by Crippen LogP contribution is -2.21. The molecule has 0 atom stereocenters. The van der Waals surface area contributed by atoms with Gasteiger partial charge in [-0.1, -0.05) is 19.8 Å². The number of esters is 1. The summed E-state index contributed by atoms with van der Waals surface area (Å²) < 4.78 is 11.0. The van der Waals surface area contributed by atoms with Gasteiger partial charge in [-0.25, -0.2) is 9.78 Å². The zero-order valence-electron chi connectivity index (χ0n) is 12.4. The Kier molecular flexibility index (Phi) is 3.57. The first-order valence-electron chi connectivity index (χ1n) is 7.88. The maximum Gasteiger partial charge on any atom is 0.376 e. The first kappa shape index (κ1) is 13.7. The summed E-state index contributed by atoms with van der Waals surface area (Å²) in [4.78, 5) is 16.8. The van der Waals surface area contributed by atoms with Crippen LogP contribution in [0.3, 0.4) is 0 Å². The van der Waals surface area contributed by atoms with Gasteiger partial charge in [0.2, 0.25) is 11.7 Å². The molecule has 0 aliphatic heterocycles. The molecule has 4 nitrogen and oxygen atoms in total. The third-order valence-electron chi connectivity index (χ3n) is 4.77. The second kappa shape index (κ2) is 5.23. The Balaban J connectivity index is 1.96. The smallest absolute Gasteiger partial charge is 0.376 e. The lowest BCUT2D eigenvalue weighted by molar-refractivity contribution is 0.0483. The molecule has 0 saturated heterocycles. The molecule has 3 rings (SSSR count). The second-order valence-electron chi connectivity index (χ2n) is 6.07. The Morgan fingerprint density at radius 1 is 1.35 bits per heavy atom. The van der Waals surface area contributed by atoms with E-state index in [1.807, 2.05) is 6.92 Å². The summed E-state index contributed by atoms with van der Waals surface area (Å²) in [5.41, 5.74) is 0.896. The molecule has 2 aliphatic carbocycles. The molecule has 0 N–H and O–H groups in total. The van der Waals surface area contributed by atoms with Crippen LogP contribution < -0.4 is 0 Å². The van der Waals surface area contributed by atoms with Crippen molar-refractivity contribution in [2.75, 3.05) is 6.61 Å². The fourth-order valence-corrected chi connectivity index (χ4v) is 3.31. The zero-order valence-corrected chi connectivity index (χ0v) is 12.4. The van der Waals surface area contributed by atoms with E-state index in [0.29, 0.717) is 18.3 Å². The minimum absolute atomic E-state index is 0.0500. The average molecular weight is 277 g/mol. The third-order valence-corrected chi connectivity index (χ3v) is 4.77. The molecule has 2 saturated carbocycles. The molecule has 1 heterocycles. The maximum atomic E-state index is 12.1. The van der Waals surface area contributed by atoms with E-state index in [1.165, 1.54) is 12.8 Å². The molecule has 0 bridgehead atoms. The molecule has 20 heavy (non-hydrogen) atoms. The Morgan fingerprint density at radius 2 is 2.05 bits per heavy atom. The van der Waals surface area contributed by atoms with Gasteiger partial charge in [0.1, 0.15) is 0 Å². The number of carbonyl (C=O) groups is 1. The molecule has 110 valence electrons. The van der Waals surface area contributed by atoms with Crippen molar-refractivity contribution >= 4 is 5.97 Å². The van der Waals surface area contributed by atoms with Crippen molar-refractivity contribution in [3.63, 3.8) is 0 Å². The van der Waals surface area contributed by atoms with Crippen LogP contribution in [0.4, 0.5) is 0 Å². The van der Waals surface area contributed by atoms with Crippen molar-refractivity contribution in [3.8, 4) is 0 Å². The highest BCUT2D eigenvalue weighted by molar-refractivity contribution is 5.87. The van der Waals surface area contributed by atoms with E-state index in [9.17, 15) is 4.79 Å². The van der Waals surface area contributed by atoms with Crippen LogP contribution in [0.25, 0.3) is 0 Å². The highest BCUT2D eigenvalue weighted by Crippen LogP contribution is 2.47. The van der Waals surface area contributed by atoms with E-state index in [-0.39, 0.29) is 11.4 Å². The Bertz CT molecular complexity index is 496. The molecule has 1 aromatic heterocycles. The molecular formula is C16H23NO3. The fraction of sp³-hybridized carbons (Fsp3) is 0.750. The first-order valence-corrected chi connectivity index (χ1v) is 7.88. The zero-order chi connectivity index (χ0) is 14.2. The van der Waals surface area contributed by atoms with E-state index in [0.717, 1.165) is 43.7 Å². The topological polar surface area (TPSA) is 52.3 Å². The van der Waals surface area contributed by atoms with Crippen LogP contribution in [-0.2, 0) is 10.2 Å². The van der Waals surface area contributed by atoms with E-state index >= 15 is 0 Å². The van der Waals surface area contributed by atoms with Crippen LogP contribution in [0.1, 0.15) is 86.9 Å². The van der Waals surface area contributed by atoms with Crippen molar-refractivity contribution < 1.29 is 13.9 Å². The van der Waals surface area contributed by atoms with Gasteiger partial charge in [-0.05, 0) is 39.0 Å². The standard InChI is InChI=1S/C16H23NO3/c1-3-16(9-5-6-10-16)15-17-12(11-7-8-11)13(20-15)14(18)19-4-2/h11H,3-10H2,1-2H3. The van der Waals surface area contributed by atoms with Gasteiger partial charge in [0.05, 0.1) is 12.3 Å². The number of nitrogens with zero attached hydrogens (tertiary/aromatic N) is 1. The largest absolute Gasteiger partial charge is 0.460 e. The molecule has 0 aromatic carbocycles. The molecule has 0 amide bonds. The lowest BCUT2D eigenvalue weighted by Gasteiger charge is -2.22. The van der Waals surface area contributed by atoms with Crippen molar-refractivity contribution in [2.45, 2.75) is 70.1 Å². The van der Waals surface area contributed by atoms with Crippen LogP contribution in [0.15, 0.2) is 4.42 Å². The lowest BCUT2D eigenvalue weighted by atomic mass is 9.83. The quantitative estimate of drug-likeness (QED) is 0.765. The molecular weight excluding hydrogens is 254 g/mol. The number of carbonyl (C=O) groups excluding carboxylic acids is 1. The molecule has 1 aromatic rings. The minimum Gasteiger partial charge on any atom is -0.460 e. The molecule has 4 heteroatoms. The SMILES string of the molecule is CCOC(=O)c1oc(C2(CC)CCCC2)nc1C1CC1. The van der Waals surface area contributed by atoms with Crippen LogP contribution in [0, 0.1) is 0 Å². The van der Waals surface area contributed by atoms with E-state index in [1.54, 1.807) is 0 Å². The van der Waals surface area contributed by atoms with Gasteiger partial charge in [-0.15, -0.1) is 0 Å². The monoisotopic (exact) mass is 277 g/mol. The molecule has 2 fully saturated rings. The first-order chi connectivity index (χ1) is 9.70. The normalized spacial score (nSPS) is 21.1. The van der Waals surface area contributed by atoms with E-state index in [4.69, 9.17) is 14.1 Å². The average Bonchev–Trinajstić information content (AvgIpc) is 3.02. The number of aromatic nitrogens is 1. The van der Waals surface area contributed by atoms with Gasteiger partial charge < -0.3 is 9.15 Å². The van der Waals surface area contributed by atoms with Crippen molar-refractivity contribution in [3.05, 3.63) is 17.3 Å². The van der Waals surface area contributed by atoms with Gasteiger partial charge >= 0.3 is 5.97 Å². The molecule has 0 spiro atoms. The number of oxazole rings is 1. The maximum absolute atomic E-state index is 12.1. The number of ether oxygens (including phenoxy) is 1. The van der Waals surface area contributed by atoms with Crippen molar-refractivity contribution in [1.82, 2.24) is 4.98 Å². The van der Waals surface area contributed by atoms with Gasteiger partial charge in [0.15, 0.2) is 0 Å². The third kappa shape index (κ3) is 2.25. The number of rotatable bonds is 5. The van der Waals surface area contributed by atoms with Crippen LogP contribution in [0.2, 0.25) is 0 Å². The molecule has 0 unspecified atom stereocenters. The molecule has 0 radical (unpaired) electrons. The summed E-state index contributed by atoms with van der Waals surface area (Å²) in [5.74, 6) is 1.20. The van der Waals surface area contributed by atoms with Crippen molar-refractivity contribution in [1.29, 1.82) is 0 Å².